The highest BCUT2D eigenvalue weighted by molar-refractivity contribution is 7.71. The lowest BCUT2D eigenvalue weighted by atomic mass is 10.00. The molecule has 2 amide bonds. The van der Waals surface area contributed by atoms with E-state index in [2.05, 4.69) is 17.2 Å². The molecule has 2 aromatic rings. The molecule has 0 unspecified atom stereocenters. The molecule has 1 aliphatic carbocycles. The molecule has 1 aromatic carbocycles. The van der Waals surface area contributed by atoms with Crippen molar-refractivity contribution in [3.05, 3.63) is 23.0 Å². The van der Waals surface area contributed by atoms with Gasteiger partial charge < -0.3 is 19.6 Å². The molecule has 6 nitrogen and oxygen atoms in total. The van der Waals surface area contributed by atoms with Gasteiger partial charge in [-0.3, -0.25) is 9.59 Å². The summed E-state index contributed by atoms with van der Waals surface area (Å²) in [6.45, 7) is 2.76. The maximum Gasteiger partial charge on any atom is 0.266 e. The molecule has 7 heteroatoms. The van der Waals surface area contributed by atoms with E-state index in [0.717, 1.165) is 24.8 Å². The summed E-state index contributed by atoms with van der Waals surface area (Å²) in [6.07, 6.45) is 3.59. The number of carbonyl (C=O) groups is 2. The van der Waals surface area contributed by atoms with Crippen LogP contribution >= 0.6 is 12.2 Å². The van der Waals surface area contributed by atoms with Crippen molar-refractivity contribution < 1.29 is 14.0 Å². The zero-order valence-electron chi connectivity index (χ0n) is 14.1. The van der Waals surface area contributed by atoms with Gasteiger partial charge in [0.05, 0.1) is 5.52 Å². The number of aromatic amines is 1. The summed E-state index contributed by atoms with van der Waals surface area (Å²) in [7, 11) is 0. The van der Waals surface area contributed by atoms with Gasteiger partial charge in [0.25, 0.3) is 4.84 Å². The predicted octanol–water partition coefficient (Wildman–Crippen LogP) is 3.47. The fourth-order valence-corrected chi connectivity index (χ4v) is 3.80. The number of nitrogens with zero attached hydrogens (tertiary/aromatic N) is 1. The van der Waals surface area contributed by atoms with E-state index in [9.17, 15) is 9.59 Å². The van der Waals surface area contributed by atoms with Crippen LogP contribution in [0.3, 0.4) is 0 Å². The lowest BCUT2D eigenvalue weighted by Gasteiger charge is -2.35. The van der Waals surface area contributed by atoms with Crippen molar-refractivity contribution in [3.63, 3.8) is 0 Å². The van der Waals surface area contributed by atoms with E-state index in [-0.39, 0.29) is 23.8 Å². The quantitative estimate of drug-likeness (QED) is 0.823. The molecule has 1 saturated carbocycles. The third kappa shape index (κ3) is 3.20. The normalized spacial score (nSPS) is 25.8. The highest BCUT2D eigenvalue weighted by Crippen LogP contribution is 2.40. The van der Waals surface area contributed by atoms with Crippen LogP contribution in [-0.4, -0.2) is 34.3 Å². The van der Waals surface area contributed by atoms with Crippen molar-refractivity contribution in [3.8, 4) is 0 Å². The van der Waals surface area contributed by atoms with Crippen LogP contribution in [0.15, 0.2) is 22.6 Å². The summed E-state index contributed by atoms with van der Waals surface area (Å²) in [6, 6.07) is 4.98. The molecule has 0 radical (unpaired) electrons. The summed E-state index contributed by atoms with van der Waals surface area (Å²) in [5.74, 6) is 0.561. The van der Waals surface area contributed by atoms with Gasteiger partial charge in [0.1, 0.15) is 6.04 Å². The number of oxazole rings is 1. The van der Waals surface area contributed by atoms with Crippen molar-refractivity contribution in [2.75, 3.05) is 11.9 Å². The van der Waals surface area contributed by atoms with Gasteiger partial charge in [-0.15, -0.1) is 0 Å². The zero-order chi connectivity index (χ0) is 17.6. The highest BCUT2D eigenvalue weighted by atomic mass is 32.1. The van der Waals surface area contributed by atoms with E-state index in [4.69, 9.17) is 16.6 Å². The molecule has 2 heterocycles. The molecular weight excluding hydrogens is 338 g/mol. The first-order valence-electron chi connectivity index (χ1n) is 8.77. The third-order valence-electron chi connectivity index (χ3n) is 5.20. The van der Waals surface area contributed by atoms with Crippen LogP contribution in [0, 0.1) is 16.7 Å². The molecule has 1 saturated heterocycles. The summed E-state index contributed by atoms with van der Waals surface area (Å²) < 4.78 is 5.39. The maximum atomic E-state index is 12.8. The van der Waals surface area contributed by atoms with E-state index in [0.29, 0.717) is 35.0 Å². The van der Waals surface area contributed by atoms with Crippen molar-refractivity contribution in [2.24, 2.45) is 11.8 Å². The predicted molar refractivity (Wildman–Crippen MR) is 96.7 cm³/mol. The van der Waals surface area contributed by atoms with Crippen molar-refractivity contribution in [1.29, 1.82) is 0 Å². The molecule has 132 valence electrons. The van der Waals surface area contributed by atoms with Crippen LogP contribution in [0.2, 0.25) is 0 Å². The Morgan fingerprint density at radius 1 is 1.36 bits per heavy atom. The highest BCUT2D eigenvalue weighted by Gasteiger charge is 2.44. The van der Waals surface area contributed by atoms with Crippen LogP contribution in [0.5, 0.6) is 0 Å². The Hall–Kier alpha value is -2.15. The summed E-state index contributed by atoms with van der Waals surface area (Å²) in [5, 5.41) is 2.93. The van der Waals surface area contributed by atoms with Gasteiger partial charge in [0.15, 0.2) is 5.58 Å². The Morgan fingerprint density at radius 3 is 2.92 bits per heavy atom. The van der Waals surface area contributed by atoms with Gasteiger partial charge >= 0.3 is 0 Å². The Kier molecular flexibility index (Phi) is 4.11. The summed E-state index contributed by atoms with van der Waals surface area (Å²) in [4.78, 5) is 30.4. The molecule has 2 aliphatic rings. The number of aromatic nitrogens is 1. The minimum absolute atomic E-state index is 0.105. The number of amides is 2. The number of carbonyl (C=O) groups excluding carboxylic acids is 2. The fourth-order valence-electron chi connectivity index (χ4n) is 3.60. The molecule has 0 spiro atoms. The first kappa shape index (κ1) is 16.3. The number of rotatable bonds is 3. The van der Waals surface area contributed by atoms with Crippen molar-refractivity contribution >= 4 is 40.8 Å². The fraction of sp³-hybridized carbons (Fsp3) is 0.500. The van der Waals surface area contributed by atoms with Gasteiger partial charge in [-0.05, 0) is 56.0 Å². The van der Waals surface area contributed by atoms with Gasteiger partial charge in [0, 0.05) is 24.2 Å². The average molecular weight is 359 g/mol. The smallest absolute Gasteiger partial charge is 0.266 e. The topological polar surface area (TPSA) is 78.3 Å². The number of fused-ring (bicyclic) bond motifs is 1. The van der Waals surface area contributed by atoms with Crippen LogP contribution in [0.1, 0.15) is 32.6 Å². The first-order valence-corrected chi connectivity index (χ1v) is 9.18. The lowest BCUT2D eigenvalue weighted by molar-refractivity contribution is -0.141. The van der Waals surface area contributed by atoms with Crippen LogP contribution in [0.25, 0.3) is 11.1 Å². The molecule has 4 rings (SSSR count). The van der Waals surface area contributed by atoms with Crippen molar-refractivity contribution in [1.82, 2.24) is 9.88 Å². The molecule has 1 aliphatic heterocycles. The minimum atomic E-state index is -0.387. The maximum absolute atomic E-state index is 12.8. The van der Waals surface area contributed by atoms with Crippen molar-refractivity contribution in [2.45, 2.75) is 38.6 Å². The second-order valence-corrected chi connectivity index (χ2v) is 7.45. The van der Waals surface area contributed by atoms with Gasteiger partial charge in [0.2, 0.25) is 11.8 Å². The molecule has 1 aromatic heterocycles. The number of piperidine rings is 1. The summed E-state index contributed by atoms with van der Waals surface area (Å²) >= 11 is 4.98. The van der Waals surface area contributed by atoms with E-state index >= 15 is 0 Å². The summed E-state index contributed by atoms with van der Waals surface area (Å²) in [5.41, 5.74) is 2.04. The Bertz CT molecular complexity index is 887. The lowest BCUT2D eigenvalue weighted by Crippen LogP contribution is -2.50. The number of H-pyrrole nitrogens is 1. The third-order valence-corrected chi connectivity index (χ3v) is 5.39. The SMILES string of the molecule is C[C@@H]1C[C@@H]1C(=O)N1CCCC[C@H]1C(=O)Nc1ccc2[nH]c(=S)oc2c1. The Labute approximate surface area is 150 Å². The van der Waals surface area contributed by atoms with E-state index in [1.807, 2.05) is 6.07 Å². The Morgan fingerprint density at radius 2 is 2.16 bits per heavy atom. The number of hydrogen-bond acceptors (Lipinski definition) is 4. The van der Waals surface area contributed by atoms with Gasteiger partial charge in [-0.2, -0.15) is 0 Å². The van der Waals surface area contributed by atoms with E-state index < -0.39 is 0 Å². The number of benzene rings is 1. The van der Waals surface area contributed by atoms with Crippen LogP contribution in [-0.2, 0) is 9.59 Å². The molecule has 0 bridgehead atoms. The van der Waals surface area contributed by atoms with E-state index in [1.165, 1.54) is 0 Å². The molecular formula is C18H21N3O3S. The number of likely N-dealkylation sites (tertiary alicyclic amines) is 1. The molecule has 3 atom stereocenters. The largest absolute Gasteiger partial charge is 0.429 e. The number of hydrogen-bond donors (Lipinski definition) is 2. The second-order valence-electron chi connectivity index (χ2n) is 7.08. The minimum Gasteiger partial charge on any atom is -0.429 e. The van der Waals surface area contributed by atoms with Crippen LogP contribution < -0.4 is 5.32 Å². The number of anilines is 1. The Balaban J connectivity index is 1.51. The second kappa shape index (κ2) is 6.29. The van der Waals surface area contributed by atoms with Gasteiger partial charge in [-0.25, -0.2) is 0 Å². The van der Waals surface area contributed by atoms with E-state index in [1.54, 1.807) is 17.0 Å². The zero-order valence-corrected chi connectivity index (χ0v) is 14.9. The molecule has 25 heavy (non-hydrogen) atoms. The van der Waals surface area contributed by atoms with Gasteiger partial charge in [-0.1, -0.05) is 6.92 Å². The molecule has 2 N–H and O–H groups in total. The standard InChI is InChI=1S/C18H21N3O3S/c1-10-8-12(10)17(23)21-7-3-2-4-14(21)16(22)19-11-5-6-13-15(9-11)24-18(25)20-13/h5-6,9-10,12,14H,2-4,7-8H2,1H3,(H,19,22)(H,20,25)/t10-,12+,14+/m1/s1. The molecule has 2 fully saturated rings. The van der Waals surface area contributed by atoms with Crippen LogP contribution in [0.4, 0.5) is 5.69 Å². The number of nitrogens with one attached hydrogen (secondary N) is 2. The average Bonchev–Trinajstić information content (AvgIpc) is 3.21. The first-order chi connectivity index (χ1) is 12.0. The monoisotopic (exact) mass is 359 g/mol.